The lowest BCUT2D eigenvalue weighted by Gasteiger charge is -2.14. The van der Waals surface area contributed by atoms with Crippen molar-refractivity contribution in [3.63, 3.8) is 0 Å². The van der Waals surface area contributed by atoms with Gasteiger partial charge in [0.25, 0.3) is 5.91 Å². The van der Waals surface area contributed by atoms with Gasteiger partial charge in [-0.15, -0.1) is 0 Å². The van der Waals surface area contributed by atoms with E-state index in [9.17, 15) is 4.79 Å². The predicted molar refractivity (Wildman–Crippen MR) is 110 cm³/mol. The Labute approximate surface area is 165 Å². The number of aromatic nitrogens is 1. The molecule has 28 heavy (non-hydrogen) atoms. The van der Waals surface area contributed by atoms with Crippen LogP contribution in [0.2, 0.25) is 0 Å². The number of thiazole rings is 1. The van der Waals surface area contributed by atoms with Crippen molar-refractivity contribution in [3.8, 4) is 5.75 Å². The summed E-state index contributed by atoms with van der Waals surface area (Å²) in [6.07, 6.45) is 3.05. The van der Waals surface area contributed by atoms with Gasteiger partial charge in [-0.3, -0.25) is 4.79 Å². The third kappa shape index (κ3) is 3.65. The summed E-state index contributed by atoms with van der Waals surface area (Å²) in [5.41, 5.74) is 2.40. The van der Waals surface area contributed by atoms with Crippen LogP contribution < -0.4 is 9.75 Å². The molecule has 0 aliphatic carbocycles. The highest BCUT2D eigenvalue weighted by molar-refractivity contribution is 7.22. The van der Waals surface area contributed by atoms with E-state index in [2.05, 4.69) is 10.1 Å². The Bertz CT molecular complexity index is 1150. The lowest BCUT2D eigenvalue weighted by atomic mass is 10.2. The number of fused-ring (bicyclic) bond motifs is 1. The average Bonchev–Trinajstić information content (AvgIpc) is 3.37. The number of methoxy groups -OCH3 is 1. The number of hydrazone groups is 1. The van der Waals surface area contributed by atoms with Crippen molar-refractivity contribution in [1.82, 2.24) is 4.98 Å². The summed E-state index contributed by atoms with van der Waals surface area (Å²) in [5.74, 6) is 0.832. The van der Waals surface area contributed by atoms with Crippen LogP contribution in [0.4, 0.5) is 5.13 Å². The molecule has 0 atom stereocenters. The maximum Gasteiger partial charge on any atom is 0.280 e. The number of anilines is 1. The zero-order valence-corrected chi connectivity index (χ0v) is 16.1. The molecular formula is C21H17N3O3S. The van der Waals surface area contributed by atoms with Crippen LogP contribution >= 0.6 is 11.3 Å². The molecule has 0 aliphatic rings. The maximum absolute atomic E-state index is 13.2. The van der Waals surface area contributed by atoms with Crippen LogP contribution in [0.25, 0.3) is 10.2 Å². The minimum Gasteiger partial charge on any atom is -0.497 e. The molecule has 2 heterocycles. The Morgan fingerprint density at radius 2 is 2.11 bits per heavy atom. The highest BCUT2D eigenvalue weighted by Crippen LogP contribution is 2.31. The van der Waals surface area contributed by atoms with Crippen molar-refractivity contribution in [1.29, 1.82) is 0 Å². The van der Waals surface area contributed by atoms with Crippen LogP contribution in [0.15, 0.2) is 70.4 Å². The van der Waals surface area contributed by atoms with Gasteiger partial charge < -0.3 is 9.15 Å². The van der Waals surface area contributed by atoms with Gasteiger partial charge in [0, 0.05) is 5.56 Å². The van der Waals surface area contributed by atoms with E-state index in [0.29, 0.717) is 22.2 Å². The van der Waals surface area contributed by atoms with Gasteiger partial charge in [0.1, 0.15) is 11.5 Å². The second kappa shape index (κ2) is 7.66. The number of carbonyl (C=O) groups is 1. The van der Waals surface area contributed by atoms with E-state index in [1.54, 1.807) is 49.8 Å². The lowest BCUT2D eigenvalue weighted by Crippen LogP contribution is -2.25. The van der Waals surface area contributed by atoms with E-state index < -0.39 is 0 Å². The first-order chi connectivity index (χ1) is 13.6. The quantitative estimate of drug-likeness (QED) is 0.359. The van der Waals surface area contributed by atoms with Crippen molar-refractivity contribution < 1.29 is 13.9 Å². The third-order valence-electron chi connectivity index (χ3n) is 4.07. The van der Waals surface area contributed by atoms with Crippen molar-refractivity contribution in [2.75, 3.05) is 12.1 Å². The fourth-order valence-electron chi connectivity index (χ4n) is 2.66. The van der Waals surface area contributed by atoms with Crippen LogP contribution in [-0.4, -0.2) is 24.2 Å². The first-order valence-electron chi connectivity index (χ1n) is 8.57. The third-order valence-corrected chi connectivity index (χ3v) is 5.06. The SMILES string of the molecule is COc1cccc(C(=O)N(/N=C/c2ccco2)c2nc3ccc(C)cc3s2)c1. The normalized spacial score (nSPS) is 11.2. The van der Waals surface area contributed by atoms with Crippen LogP contribution in [0, 0.1) is 6.92 Å². The van der Waals surface area contributed by atoms with E-state index in [0.717, 1.165) is 15.8 Å². The molecule has 7 heteroatoms. The number of carbonyl (C=O) groups excluding carboxylic acids is 1. The van der Waals surface area contributed by atoms with Gasteiger partial charge in [-0.2, -0.15) is 10.1 Å². The zero-order chi connectivity index (χ0) is 19.5. The summed E-state index contributed by atoms with van der Waals surface area (Å²) in [5, 5.41) is 6.13. The molecule has 1 amide bonds. The van der Waals surface area contributed by atoms with Crippen LogP contribution in [0.5, 0.6) is 5.75 Å². The monoisotopic (exact) mass is 391 g/mol. The number of furan rings is 1. The minimum absolute atomic E-state index is 0.308. The van der Waals surface area contributed by atoms with Gasteiger partial charge in [-0.1, -0.05) is 23.5 Å². The minimum atomic E-state index is -0.308. The van der Waals surface area contributed by atoms with Crippen LogP contribution in [-0.2, 0) is 0 Å². The number of benzene rings is 2. The molecule has 4 rings (SSSR count). The standard InChI is InChI=1S/C21H17N3O3S/c1-14-8-9-18-19(11-14)28-21(23-18)24(22-13-17-7-4-10-27-17)20(25)15-5-3-6-16(12-15)26-2/h3-13H,1-2H3/b22-13+. The molecule has 0 unspecified atom stereocenters. The first-order valence-corrected chi connectivity index (χ1v) is 9.39. The Balaban J connectivity index is 1.76. The number of rotatable bonds is 5. The zero-order valence-electron chi connectivity index (χ0n) is 15.3. The molecule has 0 fully saturated rings. The summed E-state index contributed by atoms with van der Waals surface area (Å²) in [7, 11) is 1.56. The van der Waals surface area contributed by atoms with Crippen molar-refractivity contribution in [2.45, 2.75) is 6.92 Å². The van der Waals surface area contributed by atoms with E-state index >= 15 is 0 Å². The topological polar surface area (TPSA) is 67.9 Å². The number of ether oxygens (including phenoxy) is 1. The van der Waals surface area contributed by atoms with E-state index in [4.69, 9.17) is 9.15 Å². The Hall–Kier alpha value is -3.45. The second-order valence-corrected chi connectivity index (χ2v) is 7.09. The maximum atomic E-state index is 13.2. The first kappa shape index (κ1) is 17.9. The molecule has 0 aliphatic heterocycles. The molecule has 2 aromatic heterocycles. The van der Waals surface area contributed by atoms with Crippen LogP contribution in [0.3, 0.4) is 0 Å². The predicted octanol–water partition coefficient (Wildman–Crippen LogP) is 4.89. The highest BCUT2D eigenvalue weighted by atomic mass is 32.1. The molecular weight excluding hydrogens is 374 g/mol. The van der Waals surface area contributed by atoms with Crippen molar-refractivity contribution >= 4 is 38.8 Å². The van der Waals surface area contributed by atoms with Gasteiger partial charge in [0.2, 0.25) is 5.13 Å². The molecule has 0 spiro atoms. The summed E-state index contributed by atoms with van der Waals surface area (Å²) in [6.45, 7) is 2.02. The van der Waals surface area contributed by atoms with Crippen molar-refractivity contribution in [3.05, 3.63) is 77.7 Å². The summed E-state index contributed by atoms with van der Waals surface area (Å²) < 4.78 is 11.5. The summed E-state index contributed by atoms with van der Waals surface area (Å²) >= 11 is 1.41. The highest BCUT2D eigenvalue weighted by Gasteiger charge is 2.21. The van der Waals surface area contributed by atoms with Gasteiger partial charge in [0.05, 0.1) is 29.8 Å². The summed E-state index contributed by atoms with van der Waals surface area (Å²) in [4.78, 5) is 17.8. The van der Waals surface area contributed by atoms with E-state index in [1.807, 2.05) is 25.1 Å². The second-order valence-electron chi connectivity index (χ2n) is 6.08. The molecule has 0 bridgehead atoms. The molecule has 0 saturated carbocycles. The van der Waals surface area contributed by atoms with Gasteiger partial charge in [-0.25, -0.2) is 4.98 Å². The number of hydrogen-bond donors (Lipinski definition) is 0. The van der Waals surface area contributed by atoms with Crippen LogP contribution in [0.1, 0.15) is 21.7 Å². The smallest absolute Gasteiger partial charge is 0.280 e. The number of aryl methyl sites for hydroxylation is 1. The van der Waals surface area contributed by atoms with E-state index in [-0.39, 0.29) is 5.91 Å². The molecule has 6 nitrogen and oxygen atoms in total. The van der Waals surface area contributed by atoms with Gasteiger partial charge >= 0.3 is 0 Å². The van der Waals surface area contributed by atoms with Crippen molar-refractivity contribution in [2.24, 2.45) is 5.10 Å². The number of amides is 1. The number of hydrogen-bond acceptors (Lipinski definition) is 6. The average molecular weight is 391 g/mol. The molecule has 2 aromatic carbocycles. The molecule has 0 N–H and O–H groups in total. The Kier molecular flexibility index (Phi) is 4.90. The summed E-state index contributed by atoms with van der Waals surface area (Å²) in [6, 6.07) is 16.4. The lowest BCUT2D eigenvalue weighted by molar-refractivity contribution is 0.0987. The molecule has 0 radical (unpaired) electrons. The molecule has 0 saturated heterocycles. The number of nitrogens with zero attached hydrogens (tertiary/aromatic N) is 3. The van der Waals surface area contributed by atoms with E-state index in [1.165, 1.54) is 22.6 Å². The largest absolute Gasteiger partial charge is 0.497 e. The molecule has 140 valence electrons. The Morgan fingerprint density at radius 1 is 1.21 bits per heavy atom. The fraction of sp³-hybridized carbons (Fsp3) is 0.0952. The molecule has 4 aromatic rings. The Morgan fingerprint density at radius 3 is 2.89 bits per heavy atom. The fourth-order valence-corrected chi connectivity index (χ4v) is 3.68. The van der Waals surface area contributed by atoms with Gasteiger partial charge in [0.15, 0.2) is 0 Å². The van der Waals surface area contributed by atoms with Gasteiger partial charge in [-0.05, 0) is 55.0 Å².